The van der Waals surface area contributed by atoms with E-state index in [1.54, 1.807) is 30.6 Å². The Labute approximate surface area is 159 Å². The molecule has 4 rings (SSSR count). The van der Waals surface area contributed by atoms with Crippen LogP contribution in [0.3, 0.4) is 0 Å². The summed E-state index contributed by atoms with van der Waals surface area (Å²) in [7, 11) is 1.56. The molecule has 2 heterocycles. The smallest absolute Gasteiger partial charge is 0.260 e. The molecule has 0 fully saturated rings. The van der Waals surface area contributed by atoms with Crippen LogP contribution in [-0.4, -0.2) is 23.2 Å². The summed E-state index contributed by atoms with van der Waals surface area (Å²) in [6.07, 6.45) is 3.07. The predicted molar refractivity (Wildman–Crippen MR) is 105 cm³/mol. The third-order valence-corrected chi connectivity index (χ3v) is 5.90. The molecular weight excluding hydrogens is 372 g/mol. The van der Waals surface area contributed by atoms with Crippen LogP contribution in [0.2, 0.25) is 5.02 Å². The molecule has 3 aromatic rings. The van der Waals surface area contributed by atoms with Gasteiger partial charge in [-0.2, -0.15) is 0 Å². The Bertz CT molecular complexity index is 1060. The first-order valence-electron chi connectivity index (χ1n) is 8.57. The highest BCUT2D eigenvalue weighted by atomic mass is 35.5. The van der Waals surface area contributed by atoms with Crippen LogP contribution in [0.4, 0.5) is 0 Å². The molecule has 0 radical (unpaired) electrons. The molecule has 0 spiro atoms. The number of aromatic nitrogens is 2. The van der Waals surface area contributed by atoms with Crippen molar-refractivity contribution in [3.63, 3.8) is 0 Å². The molecule has 0 bridgehead atoms. The van der Waals surface area contributed by atoms with Crippen LogP contribution >= 0.6 is 22.9 Å². The van der Waals surface area contributed by atoms with Gasteiger partial charge in [0.15, 0.2) is 11.5 Å². The molecule has 2 aromatic heterocycles. The van der Waals surface area contributed by atoms with E-state index >= 15 is 0 Å². The van der Waals surface area contributed by atoms with E-state index in [-0.39, 0.29) is 11.7 Å². The van der Waals surface area contributed by atoms with E-state index in [1.165, 1.54) is 10.4 Å². The van der Waals surface area contributed by atoms with Gasteiger partial charge >= 0.3 is 0 Å². The van der Waals surface area contributed by atoms with Crippen molar-refractivity contribution in [1.29, 1.82) is 0 Å². The van der Waals surface area contributed by atoms with Gasteiger partial charge in [0.1, 0.15) is 10.7 Å². The number of ether oxygens (including phenoxy) is 2. The topological polar surface area (TPSA) is 64.2 Å². The normalized spacial score (nSPS) is 13.4. The van der Waals surface area contributed by atoms with E-state index in [1.807, 2.05) is 13.8 Å². The summed E-state index contributed by atoms with van der Waals surface area (Å²) in [6, 6.07) is 3.53. The van der Waals surface area contributed by atoms with Crippen LogP contribution in [0.1, 0.15) is 30.7 Å². The molecule has 1 N–H and O–H groups in total. The van der Waals surface area contributed by atoms with Crippen molar-refractivity contribution in [2.24, 2.45) is 0 Å². The molecule has 5 nitrogen and oxygen atoms in total. The summed E-state index contributed by atoms with van der Waals surface area (Å²) in [6.45, 7) is 3.85. The molecular formula is C19H19ClN2O3S. The fourth-order valence-electron chi connectivity index (χ4n) is 3.35. The summed E-state index contributed by atoms with van der Waals surface area (Å²) in [5, 5.41) is 1.16. The Morgan fingerprint density at radius 2 is 2.12 bits per heavy atom. The number of benzene rings is 1. The SMILES string of the molecule is COc1cc(-c2nc3sc4c(c3c(=O)[nH]2)CCC4)cc(Cl)c1OC(C)C. The number of halogens is 1. The lowest BCUT2D eigenvalue weighted by Gasteiger charge is -2.16. The summed E-state index contributed by atoms with van der Waals surface area (Å²) in [5.74, 6) is 1.49. The second-order valence-corrected chi connectivity index (χ2v) is 8.10. The monoisotopic (exact) mass is 390 g/mol. The van der Waals surface area contributed by atoms with Crippen LogP contribution in [0.5, 0.6) is 11.5 Å². The van der Waals surface area contributed by atoms with Gasteiger partial charge < -0.3 is 14.5 Å². The highest BCUT2D eigenvalue weighted by Gasteiger charge is 2.22. The minimum absolute atomic E-state index is 0.0324. The van der Waals surface area contributed by atoms with Crippen LogP contribution in [0.25, 0.3) is 21.6 Å². The van der Waals surface area contributed by atoms with E-state index in [4.69, 9.17) is 21.1 Å². The highest BCUT2D eigenvalue weighted by Crippen LogP contribution is 2.40. The number of rotatable bonds is 4. The van der Waals surface area contributed by atoms with Crippen molar-refractivity contribution < 1.29 is 9.47 Å². The number of hydrogen-bond acceptors (Lipinski definition) is 5. The van der Waals surface area contributed by atoms with Crippen LogP contribution in [0.15, 0.2) is 16.9 Å². The lowest BCUT2D eigenvalue weighted by Crippen LogP contribution is -2.10. The average molecular weight is 391 g/mol. The Balaban J connectivity index is 1.85. The molecule has 1 aliphatic rings. The Morgan fingerprint density at radius 3 is 2.85 bits per heavy atom. The van der Waals surface area contributed by atoms with Crippen molar-refractivity contribution in [1.82, 2.24) is 9.97 Å². The molecule has 136 valence electrons. The zero-order valence-corrected chi connectivity index (χ0v) is 16.4. The lowest BCUT2D eigenvalue weighted by atomic mass is 10.1. The largest absolute Gasteiger partial charge is 0.493 e. The number of H-pyrrole nitrogens is 1. The molecule has 0 aliphatic heterocycles. The first kappa shape index (κ1) is 17.4. The van der Waals surface area contributed by atoms with Crippen LogP contribution in [-0.2, 0) is 12.8 Å². The molecule has 26 heavy (non-hydrogen) atoms. The maximum absolute atomic E-state index is 12.7. The Morgan fingerprint density at radius 1 is 1.31 bits per heavy atom. The maximum atomic E-state index is 12.7. The summed E-state index contributed by atoms with van der Waals surface area (Å²) >= 11 is 8.02. The number of thiophene rings is 1. The molecule has 0 amide bonds. The third kappa shape index (κ3) is 2.87. The van der Waals surface area contributed by atoms with Crippen molar-refractivity contribution in [2.75, 3.05) is 7.11 Å². The van der Waals surface area contributed by atoms with E-state index in [2.05, 4.69) is 9.97 Å². The molecule has 7 heteroatoms. The number of nitrogens with one attached hydrogen (secondary N) is 1. The molecule has 0 saturated heterocycles. The van der Waals surface area contributed by atoms with Crippen molar-refractivity contribution in [2.45, 2.75) is 39.2 Å². The zero-order valence-electron chi connectivity index (χ0n) is 14.8. The van der Waals surface area contributed by atoms with Gasteiger partial charge in [-0.3, -0.25) is 4.79 Å². The number of fused-ring (bicyclic) bond motifs is 3. The van der Waals surface area contributed by atoms with Crippen LogP contribution in [0, 0.1) is 0 Å². The summed E-state index contributed by atoms with van der Waals surface area (Å²) < 4.78 is 11.2. The second kappa shape index (κ2) is 6.59. The molecule has 0 saturated carbocycles. The highest BCUT2D eigenvalue weighted by molar-refractivity contribution is 7.18. The standard InChI is InChI=1S/C19H19ClN2O3S/c1-9(2)25-16-12(20)7-10(8-13(16)24-3)17-21-18(23)15-11-5-4-6-14(11)26-19(15)22-17/h7-9H,4-6H2,1-3H3,(H,21,22,23). The van der Waals surface area contributed by atoms with Gasteiger partial charge in [-0.05, 0) is 50.8 Å². The fraction of sp³-hybridized carbons (Fsp3) is 0.368. The van der Waals surface area contributed by atoms with Gasteiger partial charge in [0.05, 0.1) is 23.6 Å². The number of methoxy groups -OCH3 is 1. The van der Waals surface area contributed by atoms with Gasteiger partial charge in [-0.25, -0.2) is 4.98 Å². The third-order valence-electron chi connectivity index (χ3n) is 4.43. The predicted octanol–water partition coefficient (Wildman–Crippen LogP) is 4.59. The number of aromatic amines is 1. The van der Waals surface area contributed by atoms with Crippen LogP contribution < -0.4 is 15.0 Å². The maximum Gasteiger partial charge on any atom is 0.260 e. The van der Waals surface area contributed by atoms with Gasteiger partial charge in [-0.1, -0.05) is 11.6 Å². The lowest BCUT2D eigenvalue weighted by molar-refractivity contribution is 0.230. The van der Waals surface area contributed by atoms with E-state index in [0.717, 1.165) is 29.5 Å². The summed E-state index contributed by atoms with van der Waals surface area (Å²) in [5.41, 5.74) is 1.76. The average Bonchev–Trinajstić information content (AvgIpc) is 3.16. The molecule has 1 aliphatic carbocycles. The molecule has 0 unspecified atom stereocenters. The molecule has 1 aromatic carbocycles. The minimum atomic E-state index is -0.0954. The quantitative estimate of drug-likeness (QED) is 0.707. The fourth-order valence-corrected chi connectivity index (χ4v) is 4.86. The Hall–Kier alpha value is -2.05. The number of aryl methyl sites for hydroxylation is 2. The van der Waals surface area contributed by atoms with Crippen molar-refractivity contribution in [3.05, 3.63) is 37.9 Å². The van der Waals surface area contributed by atoms with Gasteiger partial charge in [0.25, 0.3) is 5.56 Å². The van der Waals surface area contributed by atoms with Gasteiger partial charge in [-0.15, -0.1) is 11.3 Å². The van der Waals surface area contributed by atoms with Crippen molar-refractivity contribution >= 4 is 33.2 Å². The second-order valence-electron chi connectivity index (χ2n) is 6.61. The zero-order chi connectivity index (χ0) is 18.4. The first-order valence-corrected chi connectivity index (χ1v) is 9.76. The van der Waals surface area contributed by atoms with Crippen molar-refractivity contribution in [3.8, 4) is 22.9 Å². The number of hydrogen-bond donors (Lipinski definition) is 1. The first-order chi connectivity index (χ1) is 12.5. The summed E-state index contributed by atoms with van der Waals surface area (Å²) in [4.78, 5) is 22.3. The minimum Gasteiger partial charge on any atom is -0.493 e. The van der Waals surface area contributed by atoms with Gasteiger partial charge in [0, 0.05) is 10.4 Å². The van der Waals surface area contributed by atoms with E-state index in [0.29, 0.717) is 27.9 Å². The number of nitrogens with zero attached hydrogens (tertiary/aromatic N) is 1. The Kier molecular flexibility index (Phi) is 4.40. The van der Waals surface area contributed by atoms with E-state index < -0.39 is 0 Å². The van der Waals surface area contributed by atoms with E-state index in [9.17, 15) is 4.79 Å². The molecule has 0 atom stereocenters. The van der Waals surface area contributed by atoms with Gasteiger partial charge in [0.2, 0.25) is 0 Å².